The molecule has 1 fully saturated rings. The molecule has 148 valence electrons. The Morgan fingerprint density at radius 2 is 2.00 bits per heavy atom. The largest absolute Gasteiger partial charge is 0.494 e. The van der Waals surface area contributed by atoms with Crippen molar-refractivity contribution in [3.63, 3.8) is 0 Å². The van der Waals surface area contributed by atoms with Crippen molar-refractivity contribution in [2.75, 3.05) is 13.4 Å². The highest BCUT2D eigenvalue weighted by Crippen LogP contribution is 2.40. The maximum atomic E-state index is 12.3. The predicted molar refractivity (Wildman–Crippen MR) is 108 cm³/mol. The molecular weight excluding hydrogens is 398 g/mol. The van der Waals surface area contributed by atoms with E-state index in [4.69, 9.17) is 14.2 Å². The van der Waals surface area contributed by atoms with Gasteiger partial charge in [-0.2, -0.15) is 0 Å². The van der Waals surface area contributed by atoms with Crippen molar-refractivity contribution >= 4 is 40.3 Å². The number of ether oxygens (including phenoxy) is 3. The fraction of sp³-hybridized carbons (Fsp3) is 0.158. The summed E-state index contributed by atoms with van der Waals surface area (Å²) in [4.78, 5) is 27.9. The average molecular weight is 413 g/mol. The SMILES string of the molecule is CCOc1ccc(N=C2NC(=O)/C(=C/c3cc4c(cc3[N+](=O)[O-])OCO4)S2)cc1. The van der Waals surface area contributed by atoms with Crippen LogP contribution in [0.4, 0.5) is 11.4 Å². The predicted octanol–water partition coefficient (Wildman–Crippen LogP) is 3.61. The molecule has 9 nitrogen and oxygen atoms in total. The number of rotatable bonds is 5. The number of nitrogens with zero attached hydrogens (tertiary/aromatic N) is 2. The van der Waals surface area contributed by atoms with Gasteiger partial charge in [-0.05, 0) is 55.1 Å². The van der Waals surface area contributed by atoms with Crippen LogP contribution in [0.2, 0.25) is 0 Å². The Kier molecular flexibility index (Phi) is 5.09. The first-order chi connectivity index (χ1) is 14.0. The number of nitrogens with one attached hydrogen (secondary N) is 1. The van der Waals surface area contributed by atoms with Crippen molar-refractivity contribution in [3.05, 3.63) is 57.0 Å². The number of amides is 1. The molecule has 1 amide bonds. The number of nitro groups is 1. The molecule has 29 heavy (non-hydrogen) atoms. The van der Waals surface area contributed by atoms with Crippen LogP contribution in [0.1, 0.15) is 12.5 Å². The number of thioether (sulfide) groups is 1. The molecule has 0 saturated carbocycles. The smallest absolute Gasteiger partial charge is 0.280 e. The number of carbonyl (C=O) groups excluding carboxylic acids is 1. The summed E-state index contributed by atoms with van der Waals surface area (Å²) in [5, 5.41) is 14.4. The van der Waals surface area contributed by atoms with E-state index >= 15 is 0 Å². The zero-order valence-corrected chi connectivity index (χ0v) is 16.0. The molecule has 10 heteroatoms. The molecule has 0 bridgehead atoms. The highest BCUT2D eigenvalue weighted by Gasteiger charge is 2.27. The van der Waals surface area contributed by atoms with Crippen LogP contribution < -0.4 is 19.5 Å². The molecule has 2 aromatic rings. The number of nitro benzene ring substituents is 1. The normalized spacial score (nSPS) is 17.6. The molecule has 2 heterocycles. The maximum absolute atomic E-state index is 12.3. The molecule has 4 rings (SSSR count). The van der Waals surface area contributed by atoms with Gasteiger partial charge in [-0.3, -0.25) is 14.9 Å². The number of benzene rings is 2. The van der Waals surface area contributed by atoms with Crippen LogP contribution in [0.25, 0.3) is 6.08 Å². The summed E-state index contributed by atoms with van der Waals surface area (Å²) < 4.78 is 15.8. The molecule has 1 N–H and O–H groups in total. The van der Waals surface area contributed by atoms with Gasteiger partial charge in [-0.15, -0.1) is 0 Å². The second kappa shape index (κ2) is 7.84. The molecule has 0 aliphatic carbocycles. The van der Waals surface area contributed by atoms with E-state index in [1.54, 1.807) is 24.3 Å². The summed E-state index contributed by atoms with van der Waals surface area (Å²) in [5.41, 5.74) is 0.720. The Balaban J connectivity index is 1.60. The van der Waals surface area contributed by atoms with E-state index in [0.29, 0.717) is 29.0 Å². The fourth-order valence-corrected chi connectivity index (χ4v) is 3.58. The van der Waals surface area contributed by atoms with Gasteiger partial charge in [0.15, 0.2) is 16.7 Å². The summed E-state index contributed by atoms with van der Waals surface area (Å²) in [6.07, 6.45) is 1.45. The van der Waals surface area contributed by atoms with E-state index in [0.717, 1.165) is 17.5 Å². The molecule has 0 unspecified atom stereocenters. The second-order valence-corrected chi connectivity index (χ2v) is 6.96. The number of amidine groups is 1. The van der Waals surface area contributed by atoms with Crippen LogP contribution >= 0.6 is 11.8 Å². The first-order valence-corrected chi connectivity index (χ1v) is 9.45. The minimum Gasteiger partial charge on any atom is -0.494 e. The third-order valence-corrected chi connectivity index (χ3v) is 4.94. The third kappa shape index (κ3) is 4.02. The van der Waals surface area contributed by atoms with E-state index < -0.39 is 4.92 Å². The van der Waals surface area contributed by atoms with Crippen molar-refractivity contribution in [1.29, 1.82) is 0 Å². The standard InChI is InChI=1S/C19H15N3O6S/c1-2-26-13-5-3-12(4-6-13)20-19-21-18(23)17(29-19)8-11-7-15-16(28-10-27-15)9-14(11)22(24)25/h3-9H,2,10H2,1H3,(H,20,21,23)/b17-8-. The van der Waals surface area contributed by atoms with Gasteiger partial charge in [0.25, 0.3) is 11.6 Å². The van der Waals surface area contributed by atoms with Gasteiger partial charge in [0.2, 0.25) is 6.79 Å². The average Bonchev–Trinajstić information content (AvgIpc) is 3.29. The first kappa shape index (κ1) is 18.8. The second-order valence-electron chi connectivity index (χ2n) is 5.93. The highest BCUT2D eigenvalue weighted by molar-refractivity contribution is 8.18. The van der Waals surface area contributed by atoms with E-state index in [-0.39, 0.29) is 28.9 Å². The summed E-state index contributed by atoms with van der Waals surface area (Å²) in [6, 6.07) is 9.91. The number of fused-ring (bicyclic) bond motifs is 1. The lowest BCUT2D eigenvalue weighted by Gasteiger charge is -2.02. The molecule has 1 saturated heterocycles. The van der Waals surface area contributed by atoms with Gasteiger partial charge in [-0.25, -0.2) is 4.99 Å². The summed E-state index contributed by atoms with van der Waals surface area (Å²) in [5.74, 6) is 1.05. The van der Waals surface area contributed by atoms with Crippen LogP contribution in [0.15, 0.2) is 46.3 Å². The molecule has 0 atom stereocenters. The minimum absolute atomic E-state index is 0.000635. The quantitative estimate of drug-likeness (QED) is 0.453. The van der Waals surface area contributed by atoms with Crippen LogP contribution in [-0.4, -0.2) is 29.4 Å². The highest BCUT2D eigenvalue weighted by atomic mass is 32.2. The lowest BCUT2D eigenvalue weighted by Crippen LogP contribution is -2.19. The zero-order valence-electron chi connectivity index (χ0n) is 15.2. The maximum Gasteiger partial charge on any atom is 0.280 e. The topological polar surface area (TPSA) is 112 Å². The van der Waals surface area contributed by atoms with Crippen molar-refractivity contribution in [2.24, 2.45) is 4.99 Å². The molecule has 0 radical (unpaired) electrons. The Bertz CT molecular complexity index is 1050. The Labute approximate surface area is 169 Å². The van der Waals surface area contributed by atoms with Gasteiger partial charge in [0, 0.05) is 0 Å². The van der Waals surface area contributed by atoms with E-state index in [1.807, 2.05) is 6.92 Å². The zero-order chi connectivity index (χ0) is 20.4. The summed E-state index contributed by atoms with van der Waals surface area (Å²) in [7, 11) is 0. The lowest BCUT2D eigenvalue weighted by molar-refractivity contribution is -0.385. The molecule has 2 aliphatic heterocycles. The monoisotopic (exact) mass is 413 g/mol. The van der Waals surface area contributed by atoms with Gasteiger partial charge >= 0.3 is 0 Å². The minimum atomic E-state index is -0.527. The van der Waals surface area contributed by atoms with Crippen molar-refractivity contribution < 1.29 is 23.9 Å². The summed E-state index contributed by atoms with van der Waals surface area (Å²) >= 11 is 1.10. The van der Waals surface area contributed by atoms with E-state index in [9.17, 15) is 14.9 Å². The Morgan fingerprint density at radius 3 is 2.69 bits per heavy atom. The summed E-state index contributed by atoms with van der Waals surface area (Å²) in [6.45, 7) is 2.47. The van der Waals surface area contributed by atoms with Crippen molar-refractivity contribution in [3.8, 4) is 17.2 Å². The van der Waals surface area contributed by atoms with Gasteiger partial charge < -0.3 is 19.5 Å². The van der Waals surface area contributed by atoms with Gasteiger partial charge in [-0.1, -0.05) is 0 Å². The van der Waals surface area contributed by atoms with E-state index in [1.165, 1.54) is 18.2 Å². The molecule has 0 aromatic heterocycles. The number of hydrogen-bond acceptors (Lipinski definition) is 8. The Hall–Kier alpha value is -3.53. The number of carbonyl (C=O) groups is 1. The van der Waals surface area contributed by atoms with Gasteiger partial charge in [0.05, 0.1) is 33.8 Å². The van der Waals surface area contributed by atoms with Crippen LogP contribution in [0.3, 0.4) is 0 Å². The number of hydrogen-bond donors (Lipinski definition) is 1. The van der Waals surface area contributed by atoms with E-state index in [2.05, 4.69) is 10.3 Å². The molecule has 2 aromatic carbocycles. The molecule has 2 aliphatic rings. The van der Waals surface area contributed by atoms with Crippen molar-refractivity contribution in [2.45, 2.75) is 6.92 Å². The first-order valence-electron chi connectivity index (χ1n) is 8.64. The Morgan fingerprint density at radius 1 is 1.28 bits per heavy atom. The third-order valence-electron chi connectivity index (χ3n) is 4.03. The van der Waals surface area contributed by atoms with Gasteiger partial charge in [0.1, 0.15) is 5.75 Å². The van der Waals surface area contributed by atoms with Crippen LogP contribution in [-0.2, 0) is 4.79 Å². The molecular formula is C19H15N3O6S. The van der Waals surface area contributed by atoms with Crippen molar-refractivity contribution in [1.82, 2.24) is 5.32 Å². The van der Waals surface area contributed by atoms with Crippen LogP contribution in [0.5, 0.6) is 17.2 Å². The lowest BCUT2D eigenvalue weighted by atomic mass is 10.1. The molecule has 0 spiro atoms. The van der Waals surface area contributed by atoms with Crippen LogP contribution in [0, 0.1) is 10.1 Å². The fourth-order valence-electron chi connectivity index (χ4n) is 2.74. The number of aliphatic imine (C=N–C) groups is 1.